The van der Waals surface area contributed by atoms with Gasteiger partial charge < -0.3 is 20.3 Å². The number of hydrogen-bond acceptors (Lipinski definition) is 4. The van der Waals surface area contributed by atoms with Gasteiger partial charge in [0.15, 0.2) is 0 Å². The number of likely N-dealkylation sites (N-methyl/N-ethyl adjacent to an activating group) is 1. The van der Waals surface area contributed by atoms with E-state index < -0.39 is 6.04 Å². The molecule has 0 spiro atoms. The van der Waals surface area contributed by atoms with E-state index in [1.54, 1.807) is 31.4 Å². The molecule has 2 unspecified atom stereocenters. The van der Waals surface area contributed by atoms with Crippen molar-refractivity contribution in [2.75, 3.05) is 27.7 Å². The summed E-state index contributed by atoms with van der Waals surface area (Å²) in [6, 6.07) is 23.6. The van der Waals surface area contributed by atoms with Crippen LogP contribution in [0.3, 0.4) is 0 Å². The van der Waals surface area contributed by atoms with Gasteiger partial charge in [-0.05, 0) is 49.5 Å². The van der Waals surface area contributed by atoms with Crippen LogP contribution in [0.1, 0.15) is 40.0 Å². The van der Waals surface area contributed by atoms with Gasteiger partial charge >= 0.3 is 0 Å². The van der Waals surface area contributed by atoms with E-state index in [1.165, 1.54) is 0 Å². The first-order valence-electron chi connectivity index (χ1n) is 11.1. The first kappa shape index (κ1) is 25.3. The lowest BCUT2D eigenvalue weighted by Gasteiger charge is -2.26. The molecule has 2 N–H and O–H groups in total. The highest BCUT2D eigenvalue weighted by molar-refractivity contribution is 6.33. The SMILES string of the molecule is COc1cccc(C(CNC(=O)CC(NC(=O)c2ccccc2Cl)c2ccccc2)N(C)C)c1. The molecular weight excluding hydrogens is 450 g/mol. The summed E-state index contributed by atoms with van der Waals surface area (Å²) in [5.74, 6) is 0.278. The van der Waals surface area contributed by atoms with Crippen LogP contribution in [0.15, 0.2) is 78.9 Å². The average molecular weight is 480 g/mol. The maximum atomic E-state index is 13.0. The molecule has 0 saturated heterocycles. The Morgan fingerprint density at radius 2 is 1.62 bits per heavy atom. The molecule has 0 aliphatic rings. The third kappa shape index (κ3) is 6.83. The summed E-state index contributed by atoms with van der Waals surface area (Å²) in [6.45, 7) is 0.416. The van der Waals surface area contributed by atoms with Crippen LogP contribution >= 0.6 is 11.6 Å². The summed E-state index contributed by atoms with van der Waals surface area (Å²) in [6.07, 6.45) is 0.0957. The standard InChI is InChI=1S/C27H30ClN3O3/c1-31(2)25(20-12-9-13-21(16-20)34-3)18-29-26(32)17-24(19-10-5-4-6-11-19)30-27(33)22-14-7-8-15-23(22)28/h4-16,24-25H,17-18H2,1-3H3,(H,29,32)(H,30,33). The fourth-order valence-electron chi connectivity index (χ4n) is 3.73. The Balaban J connectivity index is 1.71. The van der Waals surface area contributed by atoms with E-state index >= 15 is 0 Å². The average Bonchev–Trinajstić information content (AvgIpc) is 2.84. The van der Waals surface area contributed by atoms with Crippen molar-refractivity contribution >= 4 is 23.4 Å². The molecule has 2 atom stereocenters. The number of carbonyl (C=O) groups is 2. The van der Waals surface area contributed by atoms with Crippen molar-refractivity contribution in [3.63, 3.8) is 0 Å². The zero-order chi connectivity index (χ0) is 24.5. The van der Waals surface area contributed by atoms with Gasteiger partial charge in [-0.1, -0.05) is 66.2 Å². The van der Waals surface area contributed by atoms with E-state index in [4.69, 9.17) is 16.3 Å². The van der Waals surface area contributed by atoms with Crippen molar-refractivity contribution in [2.24, 2.45) is 0 Å². The van der Waals surface area contributed by atoms with Gasteiger partial charge in [0.25, 0.3) is 5.91 Å². The van der Waals surface area contributed by atoms with E-state index in [0.29, 0.717) is 17.1 Å². The van der Waals surface area contributed by atoms with E-state index in [0.717, 1.165) is 16.9 Å². The number of methoxy groups -OCH3 is 1. The van der Waals surface area contributed by atoms with Gasteiger partial charge in [-0.15, -0.1) is 0 Å². The van der Waals surface area contributed by atoms with Gasteiger partial charge in [-0.2, -0.15) is 0 Å². The van der Waals surface area contributed by atoms with Crippen molar-refractivity contribution in [3.05, 3.63) is 101 Å². The topological polar surface area (TPSA) is 70.7 Å². The van der Waals surface area contributed by atoms with E-state index in [-0.39, 0.29) is 24.3 Å². The summed E-state index contributed by atoms with van der Waals surface area (Å²) >= 11 is 6.19. The second kappa shape index (κ2) is 12.2. The quantitative estimate of drug-likeness (QED) is 0.445. The van der Waals surface area contributed by atoms with Crippen molar-refractivity contribution in [3.8, 4) is 5.75 Å². The molecule has 0 heterocycles. The monoisotopic (exact) mass is 479 g/mol. The highest BCUT2D eigenvalue weighted by Gasteiger charge is 2.22. The lowest BCUT2D eigenvalue weighted by atomic mass is 10.0. The number of rotatable bonds is 10. The second-order valence-electron chi connectivity index (χ2n) is 8.18. The van der Waals surface area contributed by atoms with Gasteiger partial charge in [-0.25, -0.2) is 0 Å². The van der Waals surface area contributed by atoms with Crippen molar-refractivity contribution in [1.29, 1.82) is 0 Å². The number of nitrogens with zero attached hydrogens (tertiary/aromatic N) is 1. The fourth-order valence-corrected chi connectivity index (χ4v) is 3.96. The maximum absolute atomic E-state index is 13.0. The van der Waals surface area contributed by atoms with Crippen molar-refractivity contribution in [1.82, 2.24) is 15.5 Å². The third-order valence-electron chi connectivity index (χ3n) is 5.61. The minimum absolute atomic E-state index is 0.0352. The molecule has 3 aromatic rings. The Kier molecular flexibility index (Phi) is 9.08. The first-order chi connectivity index (χ1) is 16.4. The van der Waals surface area contributed by atoms with Crippen LogP contribution in [-0.4, -0.2) is 44.5 Å². The van der Waals surface area contributed by atoms with Crippen LogP contribution in [-0.2, 0) is 4.79 Å². The zero-order valence-electron chi connectivity index (χ0n) is 19.6. The van der Waals surface area contributed by atoms with Gasteiger partial charge in [0.05, 0.1) is 36.2 Å². The number of benzene rings is 3. The van der Waals surface area contributed by atoms with Gasteiger partial charge in [0.2, 0.25) is 5.91 Å². The van der Waals surface area contributed by atoms with Crippen LogP contribution in [0.4, 0.5) is 0 Å². The van der Waals surface area contributed by atoms with Gasteiger partial charge in [-0.3, -0.25) is 9.59 Å². The Labute approximate surface area is 205 Å². The Morgan fingerprint density at radius 3 is 2.29 bits per heavy atom. The molecular formula is C27H30ClN3O3. The van der Waals surface area contributed by atoms with Crippen LogP contribution in [0.5, 0.6) is 5.75 Å². The molecule has 34 heavy (non-hydrogen) atoms. The molecule has 0 bridgehead atoms. The number of amides is 2. The molecule has 0 aliphatic carbocycles. The first-order valence-corrected chi connectivity index (χ1v) is 11.4. The molecule has 0 aromatic heterocycles. The fraction of sp³-hybridized carbons (Fsp3) is 0.259. The Hall–Kier alpha value is -3.35. The Morgan fingerprint density at radius 1 is 0.941 bits per heavy atom. The molecule has 0 saturated carbocycles. The molecule has 6 nitrogen and oxygen atoms in total. The number of hydrogen-bond donors (Lipinski definition) is 2. The molecule has 3 aromatic carbocycles. The number of carbonyl (C=O) groups excluding carboxylic acids is 2. The number of halogens is 1. The zero-order valence-corrected chi connectivity index (χ0v) is 20.4. The normalized spacial score (nSPS) is 12.6. The Bertz CT molecular complexity index is 1110. The molecule has 0 radical (unpaired) electrons. The van der Waals surface area contributed by atoms with Gasteiger partial charge in [0, 0.05) is 6.54 Å². The predicted molar refractivity (Wildman–Crippen MR) is 135 cm³/mol. The predicted octanol–water partition coefficient (Wildman–Crippen LogP) is 4.63. The lowest BCUT2D eigenvalue weighted by molar-refractivity contribution is -0.121. The van der Waals surface area contributed by atoms with Crippen LogP contribution in [0.2, 0.25) is 5.02 Å². The number of ether oxygens (including phenoxy) is 1. The molecule has 0 aliphatic heterocycles. The largest absolute Gasteiger partial charge is 0.497 e. The highest BCUT2D eigenvalue weighted by Crippen LogP contribution is 2.23. The molecule has 7 heteroatoms. The van der Waals surface area contributed by atoms with Crippen LogP contribution < -0.4 is 15.4 Å². The van der Waals surface area contributed by atoms with E-state index in [1.807, 2.05) is 73.6 Å². The number of nitrogens with one attached hydrogen (secondary N) is 2. The minimum Gasteiger partial charge on any atom is -0.497 e. The van der Waals surface area contributed by atoms with Crippen molar-refractivity contribution < 1.29 is 14.3 Å². The van der Waals surface area contributed by atoms with Crippen molar-refractivity contribution in [2.45, 2.75) is 18.5 Å². The third-order valence-corrected chi connectivity index (χ3v) is 5.94. The summed E-state index contributed by atoms with van der Waals surface area (Å²) in [7, 11) is 5.56. The van der Waals surface area contributed by atoms with Gasteiger partial charge in [0.1, 0.15) is 5.75 Å². The molecule has 178 valence electrons. The molecule has 0 fully saturated rings. The summed E-state index contributed by atoms with van der Waals surface area (Å²) < 4.78 is 5.34. The van der Waals surface area contributed by atoms with E-state index in [2.05, 4.69) is 10.6 Å². The second-order valence-corrected chi connectivity index (χ2v) is 8.59. The smallest absolute Gasteiger partial charge is 0.253 e. The van der Waals surface area contributed by atoms with Crippen LogP contribution in [0.25, 0.3) is 0 Å². The maximum Gasteiger partial charge on any atom is 0.253 e. The molecule has 2 amide bonds. The lowest BCUT2D eigenvalue weighted by Crippen LogP contribution is -2.37. The molecule has 3 rings (SSSR count). The minimum atomic E-state index is -0.500. The summed E-state index contributed by atoms with van der Waals surface area (Å²) in [4.78, 5) is 27.9. The highest BCUT2D eigenvalue weighted by atomic mass is 35.5. The summed E-state index contributed by atoms with van der Waals surface area (Å²) in [5.41, 5.74) is 2.25. The van der Waals surface area contributed by atoms with Crippen LogP contribution in [0, 0.1) is 0 Å². The summed E-state index contributed by atoms with van der Waals surface area (Å²) in [5, 5.41) is 6.36. The van der Waals surface area contributed by atoms with E-state index in [9.17, 15) is 9.59 Å².